The third-order valence-corrected chi connectivity index (χ3v) is 5.92. The lowest BCUT2D eigenvalue weighted by atomic mass is 10.0. The van der Waals surface area contributed by atoms with Crippen molar-refractivity contribution in [3.8, 4) is 0 Å². The van der Waals surface area contributed by atoms with Crippen LogP contribution in [0.25, 0.3) is 0 Å². The van der Waals surface area contributed by atoms with Gasteiger partial charge in [-0.25, -0.2) is 9.59 Å². The van der Waals surface area contributed by atoms with Crippen LogP contribution in [-0.4, -0.2) is 48.9 Å². The second kappa shape index (κ2) is 9.08. The zero-order valence-corrected chi connectivity index (χ0v) is 17.8. The fourth-order valence-corrected chi connectivity index (χ4v) is 4.57. The standard InChI is InChI=1S/C21H22N2O6S/c1-4-29-21(27)17-15-9-10-23(12(2)24)11-16(15)30-19(17)22-18(25)13-7-5-6-8-14(13)20(26)28-3/h5-8H,4,9-11H2,1-3H3,(H,22,25). The van der Waals surface area contributed by atoms with E-state index in [1.54, 1.807) is 24.0 Å². The Morgan fingerprint density at radius 2 is 1.83 bits per heavy atom. The normalized spacial score (nSPS) is 12.7. The van der Waals surface area contributed by atoms with Crippen molar-refractivity contribution in [2.45, 2.75) is 26.8 Å². The third kappa shape index (κ3) is 4.20. The van der Waals surface area contributed by atoms with Crippen LogP contribution in [0.1, 0.15) is 55.4 Å². The summed E-state index contributed by atoms with van der Waals surface area (Å²) in [6.07, 6.45) is 0.494. The van der Waals surface area contributed by atoms with Gasteiger partial charge in [0.05, 0.1) is 37.0 Å². The smallest absolute Gasteiger partial charge is 0.341 e. The number of amides is 2. The first kappa shape index (κ1) is 21.5. The van der Waals surface area contributed by atoms with Gasteiger partial charge >= 0.3 is 11.9 Å². The maximum atomic E-state index is 12.9. The predicted octanol–water partition coefficient (Wildman–Crippen LogP) is 2.87. The number of nitrogens with zero attached hydrogens (tertiary/aromatic N) is 1. The molecule has 1 aliphatic rings. The van der Waals surface area contributed by atoms with Crippen LogP contribution in [-0.2, 0) is 27.2 Å². The van der Waals surface area contributed by atoms with Gasteiger partial charge in [0.2, 0.25) is 5.91 Å². The van der Waals surface area contributed by atoms with Crippen LogP contribution in [0.4, 0.5) is 5.00 Å². The molecule has 1 aliphatic heterocycles. The number of esters is 2. The van der Waals surface area contributed by atoms with E-state index in [9.17, 15) is 19.2 Å². The molecule has 0 spiro atoms. The lowest BCUT2D eigenvalue weighted by Gasteiger charge is -2.25. The second-order valence-corrected chi connectivity index (χ2v) is 7.72. The van der Waals surface area contributed by atoms with E-state index < -0.39 is 17.8 Å². The first-order chi connectivity index (χ1) is 14.4. The van der Waals surface area contributed by atoms with Crippen molar-refractivity contribution in [1.29, 1.82) is 0 Å². The van der Waals surface area contributed by atoms with Crippen molar-refractivity contribution in [3.05, 3.63) is 51.4 Å². The summed E-state index contributed by atoms with van der Waals surface area (Å²) >= 11 is 1.24. The molecule has 0 aliphatic carbocycles. The molecule has 0 saturated heterocycles. The van der Waals surface area contributed by atoms with Crippen molar-refractivity contribution in [2.24, 2.45) is 0 Å². The van der Waals surface area contributed by atoms with E-state index >= 15 is 0 Å². The zero-order valence-electron chi connectivity index (χ0n) is 16.9. The molecule has 0 fully saturated rings. The fraction of sp³-hybridized carbons (Fsp3) is 0.333. The van der Waals surface area contributed by atoms with E-state index in [1.807, 2.05) is 0 Å². The predicted molar refractivity (Wildman–Crippen MR) is 111 cm³/mol. The van der Waals surface area contributed by atoms with Gasteiger partial charge in [-0.15, -0.1) is 11.3 Å². The van der Waals surface area contributed by atoms with Crippen LogP contribution < -0.4 is 5.32 Å². The molecule has 2 amide bonds. The van der Waals surface area contributed by atoms with Crippen molar-refractivity contribution in [2.75, 3.05) is 25.6 Å². The number of hydrogen-bond acceptors (Lipinski definition) is 7. The van der Waals surface area contributed by atoms with Gasteiger partial charge in [0.25, 0.3) is 5.91 Å². The van der Waals surface area contributed by atoms with Gasteiger partial charge in [0.1, 0.15) is 5.00 Å². The molecule has 0 unspecified atom stereocenters. The van der Waals surface area contributed by atoms with Crippen LogP contribution in [0.3, 0.4) is 0 Å². The minimum Gasteiger partial charge on any atom is -0.465 e. The SMILES string of the molecule is CCOC(=O)c1c(NC(=O)c2ccccc2C(=O)OC)sc2c1CCN(C(C)=O)C2. The molecule has 1 N–H and O–H groups in total. The van der Waals surface area contributed by atoms with Crippen LogP contribution in [0, 0.1) is 0 Å². The van der Waals surface area contributed by atoms with Gasteiger partial charge in [0, 0.05) is 18.3 Å². The molecule has 2 heterocycles. The number of carbonyl (C=O) groups is 4. The maximum Gasteiger partial charge on any atom is 0.341 e. The van der Waals surface area contributed by atoms with Crippen molar-refractivity contribution in [1.82, 2.24) is 4.90 Å². The number of rotatable bonds is 5. The van der Waals surface area contributed by atoms with E-state index in [0.29, 0.717) is 30.1 Å². The summed E-state index contributed by atoms with van der Waals surface area (Å²) in [5, 5.41) is 3.10. The molecule has 0 radical (unpaired) electrons. The number of methoxy groups -OCH3 is 1. The summed E-state index contributed by atoms with van der Waals surface area (Å²) < 4.78 is 9.94. The number of nitrogens with one attached hydrogen (secondary N) is 1. The monoisotopic (exact) mass is 430 g/mol. The van der Waals surface area contributed by atoms with Crippen LogP contribution in [0.5, 0.6) is 0 Å². The molecule has 1 aromatic carbocycles. The van der Waals surface area contributed by atoms with Gasteiger partial charge in [-0.3, -0.25) is 9.59 Å². The molecule has 30 heavy (non-hydrogen) atoms. The molecule has 2 aromatic rings. The third-order valence-electron chi connectivity index (χ3n) is 4.79. The molecule has 0 saturated carbocycles. The van der Waals surface area contributed by atoms with Gasteiger partial charge in [0.15, 0.2) is 0 Å². The molecular formula is C21H22N2O6S. The average Bonchev–Trinajstić information content (AvgIpc) is 3.10. The molecule has 8 nitrogen and oxygen atoms in total. The lowest BCUT2D eigenvalue weighted by molar-refractivity contribution is -0.129. The lowest BCUT2D eigenvalue weighted by Crippen LogP contribution is -2.34. The van der Waals surface area contributed by atoms with E-state index in [-0.39, 0.29) is 23.6 Å². The van der Waals surface area contributed by atoms with Crippen LogP contribution in [0.2, 0.25) is 0 Å². The number of thiophene rings is 1. The molecule has 0 bridgehead atoms. The Labute approximate surface area is 177 Å². The molecule has 158 valence electrons. The summed E-state index contributed by atoms with van der Waals surface area (Å²) in [5.74, 6) is -1.75. The number of ether oxygens (including phenoxy) is 2. The quantitative estimate of drug-likeness (QED) is 0.732. The summed E-state index contributed by atoms with van der Waals surface area (Å²) in [7, 11) is 1.24. The van der Waals surface area contributed by atoms with E-state index in [2.05, 4.69) is 5.32 Å². The maximum absolute atomic E-state index is 12.9. The highest BCUT2D eigenvalue weighted by Gasteiger charge is 2.30. The molecule has 1 aromatic heterocycles. The number of hydrogen-bond donors (Lipinski definition) is 1. The minimum atomic E-state index is -0.631. The minimum absolute atomic E-state index is 0.0516. The van der Waals surface area contributed by atoms with E-state index in [1.165, 1.54) is 37.5 Å². The van der Waals surface area contributed by atoms with Gasteiger partial charge in [-0.1, -0.05) is 12.1 Å². The first-order valence-corrected chi connectivity index (χ1v) is 10.2. The highest BCUT2D eigenvalue weighted by atomic mass is 32.1. The van der Waals surface area contributed by atoms with Crippen LogP contribution in [0.15, 0.2) is 24.3 Å². The average molecular weight is 430 g/mol. The van der Waals surface area contributed by atoms with Gasteiger partial charge in [-0.05, 0) is 31.0 Å². The summed E-state index contributed by atoms with van der Waals surface area (Å²) in [5.41, 5.74) is 1.35. The Morgan fingerprint density at radius 1 is 1.13 bits per heavy atom. The molecule has 0 atom stereocenters. The number of benzene rings is 1. The van der Waals surface area contributed by atoms with Gasteiger partial charge in [-0.2, -0.15) is 0 Å². The van der Waals surface area contributed by atoms with E-state index in [0.717, 1.165) is 10.4 Å². The molecule has 9 heteroatoms. The topological polar surface area (TPSA) is 102 Å². The summed E-state index contributed by atoms with van der Waals surface area (Å²) in [4.78, 5) is 51.8. The number of anilines is 1. The van der Waals surface area contributed by atoms with Crippen LogP contribution >= 0.6 is 11.3 Å². The molecule has 3 rings (SSSR count). The first-order valence-electron chi connectivity index (χ1n) is 9.43. The van der Waals surface area contributed by atoms with Crippen molar-refractivity contribution in [3.63, 3.8) is 0 Å². The fourth-order valence-electron chi connectivity index (χ4n) is 3.32. The Bertz CT molecular complexity index is 1010. The molecular weight excluding hydrogens is 408 g/mol. The van der Waals surface area contributed by atoms with Gasteiger partial charge < -0.3 is 19.7 Å². The Kier molecular flexibility index (Phi) is 6.51. The van der Waals surface area contributed by atoms with Crippen molar-refractivity contribution >= 4 is 40.1 Å². The van der Waals surface area contributed by atoms with Crippen molar-refractivity contribution < 1.29 is 28.7 Å². The van der Waals surface area contributed by atoms with E-state index in [4.69, 9.17) is 9.47 Å². The summed E-state index contributed by atoms with van der Waals surface area (Å²) in [6.45, 7) is 4.26. The Balaban J connectivity index is 1.98. The Morgan fingerprint density at radius 3 is 2.47 bits per heavy atom. The number of fused-ring (bicyclic) bond motifs is 1. The zero-order chi connectivity index (χ0) is 21.8. The number of carbonyl (C=O) groups excluding carboxylic acids is 4. The largest absolute Gasteiger partial charge is 0.465 e. The highest BCUT2D eigenvalue weighted by molar-refractivity contribution is 7.17. The summed E-state index contributed by atoms with van der Waals surface area (Å²) in [6, 6.07) is 6.28. The second-order valence-electron chi connectivity index (χ2n) is 6.61. The Hall–Kier alpha value is -3.20. The highest BCUT2D eigenvalue weighted by Crippen LogP contribution is 2.38.